The summed E-state index contributed by atoms with van der Waals surface area (Å²) in [5, 5.41) is 0. The molecule has 0 aromatic heterocycles. The van der Waals surface area contributed by atoms with Crippen LogP contribution in [-0.4, -0.2) is 47.8 Å². The maximum Gasteiger partial charge on any atom is 0.312 e. The zero-order chi connectivity index (χ0) is 14.7. The van der Waals surface area contributed by atoms with Crippen LogP contribution in [0.4, 0.5) is 0 Å². The standard InChI is InChI=1S/C15H21N3O2/c1-3-17-8-9-18(15(20)14(17)19)13(10-16)12-6-4-11(2)5-7-12/h4-7,13H,3,8-10,16H2,1-2H3. The quantitative estimate of drug-likeness (QED) is 0.822. The SMILES string of the molecule is CCN1CCN(C(CN)c2ccc(C)cc2)C(=O)C1=O. The monoisotopic (exact) mass is 275 g/mol. The van der Waals surface area contributed by atoms with Gasteiger partial charge in [-0.15, -0.1) is 0 Å². The maximum absolute atomic E-state index is 12.2. The summed E-state index contributed by atoms with van der Waals surface area (Å²) in [4.78, 5) is 27.3. The minimum atomic E-state index is -0.450. The molecule has 2 N–H and O–H groups in total. The van der Waals surface area contributed by atoms with Crippen molar-refractivity contribution in [2.75, 3.05) is 26.2 Å². The highest BCUT2D eigenvalue weighted by Crippen LogP contribution is 2.22. The highest BCUT2D eigenvalue weighted by atomic mass is 16.2. The fraction of sp³-hybridized carbons (Fsp3) is 0.467. The smallest absolute Gasteiger partial charge is 0.312 e. The van der Waals surface area contributed by atoms with Gasteiger partial charge in [0.2, 0.25) is 0 Å². The van der Waals surface area contributed by atoms with E-state index < -0.39 is 11.8 Å². The minimum absolute atomic E-state index is 0.231. The molecule has 1 saturated heterocycles. The lowest BCUT2D eigenvalue weighted by Crippen LogP contribution is -2.55. The Hall–Kier alpha value is -1.88. The molecule has 1 fully saturated rings. The third kappa shape index (κ3) is 2.67. The molecule has 0 spiro atoms. The number of rotatable bonds is 4. The summed E-state index contributed by atoms with van der Waals surface area (Å²) in [7, 11) is 0. The normalized spacial score (nSPS) is 17.6. The van der Waals surface area contributed by atoms with Crippen LogP contribution in [0.15, 0.2) is 24.3 Å². The van der Waals surface area contributed by atoms with Gasteiger partial charge in [-0.2, -0.15) is 0 Å². The molecule has 0 aliphatic carbocycles. The molecule has 5 nitrogen and oxygen atoms in total. The fourth-order valence-corrected chi connectivity index (χ4v) is 2.52. The number of piperazine rings is 1. The van der Waals surface area contributed by atoms with Crippen molar-refractivity contribution in [3.05, 3.63) is 35.4 Å². The number of carbonyl (C=O) groups excluding carboxylic acids is 2. The Morgan fingerprint density at radius 2 is 1.80 bits per heavy atom. The molecular formula is C15H21N3O2. The fourth-order valence-electron chi connectivity index (χ4n) is 2.52. The lowest BCUT2D eigenvalue weighted by atomic mass is 10.0. The molecule has 1 atom stereocenters. The molecule has 5 heteroatoms. The second kappa shape index (κ2) is 6.05. The van der Waals surface area contributed by atoms with Crippen LogP contribution in [0.2, 0.25) is 0 Å². The minimum Gasteiger partial charge on any atom is -0.333 e. The first kappa shape index (κ1) is 14.5. The Bertz CT molecular complexity index is 498. The van der Waals surface area contributed by atoms with Gasteiger partial charge in [0.1, 0.15) is 0 Å². The third-order valence-electron chi connectivity index (χ3n) is 3.79. The molecule has 0 radical (unpaired) electrons. The number of amides is 2. The molecule has 2 amide bonds. The Kier molecular flexibility index (Phi) is 4.39. The molecule has 1 unspecified atom stereocenters. The van der Waals surface area contributed by atoms with Crippen molar-refractivity contribution >= 4 is 11.8 Å². The van der Waals surface area contributed by atoms with Crippen LogP contribution in [0.5, 0.6) is 0 Å². The zero-order valence-electron chi connectivity index (χ0n) is 12.0. The average Bonchev–Trinajstić information content (AvgIpc) is 2.46. The molecule has 2 rings (SSSR count). The molecule has 1 heterocycles. The first-order valence-corrected chi connectivity index (χ1v) is 6.95. The molecular weight excluding hydrogens is 254 g/mol. The van der Waals surface area contributed by atoms with Gasteiger partial charge in [-0.1, -0.05) is 29.8 Å². The van der Waals surface area contributed by atoms with Gasteiger partial charge in [-0.25, -0.2) is 0 Å². The van der Waals surface area contributed by atoms with E-state index in [0.717, 1.165) is 11.1 Å². The van der Waals surface area contributed by atoms with Crippen molar-refractivity contribution < 1.29 is 9.59 Å². The second-order valence-electron chi connectivity index (χ2n) is 5.05. The van der Waals surface area contributed by atoms with Crippen LogP contribution in [0, 0.1) is 6.92 Å². The number of benzene rings is 1. The van der Waals surface area contributed by atoms with Crippen LogP contribution >= 0.6 is 0 Å². The number of nitrogens with two attached hydrogens (primary N) is 1. The van der Waals surface area contributed by atoms with Gasteiger partial charge in [-0.05, 0) is 19.4 Å². The first-order chi connectivity index (χ1) is 9.58. The van der Waals surface area contributed by atoms with Crippen LogP contribution in [0.3, 0.4) is 0 Å². The van der Waals surface area contributed by atoms with E-state index in [1.807, 2.05) is 38.1 Å². The van der Waals surface area contributed by atoms with Crippen molar-refractivity contribution in [2.45, 2.75) is 19.9 Å². The molecule has 108 valence electrons. The van der Waals surface area contributed by atoms with E-state index >= 15 is 0 Å². The Balaban J connectivity index is 2.22. The summed E-state index contributed by atoms with van der Waals surface area (Å²) >= 11 is 0. The van der Waals surface area contributed by atoms with Crippen molar-refractivity contribution in [3.8, 4) is 0 Å². The number of likely N-dealkylation sites (N-methyl/N-ethyl adjacent to an activating group) is 1. The van der Waals surface area contributed by atoms with Crippen molar-refractivity contribution in [1.29, 1.82) is 0 Å². The topological polar surface area (TPSA) is 66.6 Å². The highest BCUT2D eigenvalue weighted by molar-refractivity contribution is 6.35. The molecule has 1 aromatic rings. The summed E-state index contributed by atoms with van der Waals surface area (Å²) in [6, 6.07) is 7.69. The highest BCUT2D eigenvalue weighted by Gasteiger charge is 2.35. The summed E-state index contributed by atoms with van der Waals surface area (Å²) in [5.41, 5.74) is 7.96. The predicted molar refractivity (Wildman–Crippen MR) is 76.9 cm³/mol. The third-order valence-corrected chi connectivity index (χ3v) is 3.79. The number of aryl methyl sites for hydroxylation is 1. The largest absolute Gasteiger partial charge is 0.333 e. The van der Waals surface area contributed by atoms with Gasteiger partial charge in [0.15, 0.2) is 0 Å². The maximum atomic E-state index is 12.2. The van der Waals surface area contributed by atoms with Gasteiger partial charge in [-0.3, -0.25) is 9.59 Å². The summed E-state index contributed by atoms with van der Waals surface area (Å²) in [6.07, 6.45) is 0. The van der Waals surface area contributed by atoms with Crippen molar-refractivity contribution in [1.82, 2.24) is 9.80 Å². The van der Waals surface area contributed by atoms with Crippen LogP contribution < -0.4 is 5.73 Å². The molecule has 1 aliphatic rings. The van der Waals surface area contributed by atoms with E-state index in [1.165, 1.54) is 0 Å². The number of hydrogen-bond acceptors (Lipinski definition) is 3. The summed E-state index contributed by atoms with van der Waals surface area (Å²) in [6.45, 7) is 5.87. The van der Waals surface area contributed by atoms with Gasteiger partial charge >= 0.3 is 11.8 Å². The van der Waals surface area contributed by atoms with Crippen molar-refractivity contribution in [2.24, 2.45) is 5.73 Å². The summed E-state index contributed by atoms with van der Waals surface area (Å²) in [5.74, 6) is -0.876. The Labute approximate surface area is 119 Å². The molecule has 0 bridgehead atoms. The lowest BCUT2D eigenvalue weighted by molar-refractivity contribution is -0.157. The summed E-state index contributed by atoms with van der Waals surface area (Å²) < 4.78 is 0. The molecule has 1 aliphatic heterocycles. The van der Waals surface area contributed by atoms with E-state index in [9.17, 15) is 9.59 Å². The van der Waals surface area contributed by atoms with E-state index in [2.05, 4.69) is 0 Å². The molecule has 1 aromatic carbocycles. The van der Waals surface area contributed by atoms with E-state index in [0.29, 0.717) is 26.2 Å². The van der Waals surface area contributed by atoms with Crippen LogP contribution in [0.25, 0.3) is 0 Å². The van der Waals surface area contributed by atoms with Crippen molar-refractivity contribution in [3.63, 3.8) is 0 Å². The number of hydrogen-bond donors (Lipinski definition) is 1. The second-order valence-corrected chi connectivity index (χ2v) is 5.05. The van der Waals surface area contributed by atoms with Gasteiger partial charge in [0.25, 0.3) is 0 Å². The van der Waals surface area contributed by atoms with E-state index in [1.54, 1.807) is 9.80 Å². The van der Waals surface area contributed by atoms with Gasteiger partial charge in [0.05, 0.1) is 6.04 Å². The van der Waals surface area contributed by atoms with E-state index in [4.69, 9.17) is 5.73 Å². The number of nitrogens with zero attached hydrogens (tertiary/aromatic N) is 2. The lowest BCUT2D eigenvalue weighted by Gasteiger charge is -2.37. The Morgan fingerprint density at radius 3 is 2.35 bits per heavy atom. The Morgan fingerprint density at radius 1 is 1.15 bits per heavy atom. The van der Waals surface area contributed by atoms with Crippen LogP contribution in [0.1, 0.15) is 24.1 Å². The van der Waals surface area contributed by atoms with Crippen LogP contribution in [-0.2, 0) is 9.59 Å². The average molecular weight is 275 g/mol. The zero-order valence-corrected chi connectivity index (χ0v) is 12.0. The predicted octanol–water partition coefficient (Wildman–Crippen LogP) is 0.686. The molecule has 20 heavy (non-hydrogen) atoms. The number of carbonyl (C=O) groups is 2. The first-order valence-electron chi connectivity index (χ1n) is 6.95. The molecule has 0 saturated carbocycles. The van der Waals surface area contributed by atoms with E-state index in [-0.39, 0.29) is 6.04 Å². The van der Waals surface area contributed by atoms with Gasteiger partial charge < -0.3 is 15.5 Å². The van der Waals surface area contributed by atoms with Gasteiger partial charge in [0, 0.05) is 26.2 Å².